The Balaban J connectivity index is 1.72. The van der Waals surface area contributed by atoms with Crippen molar-refractivity contribution in [3.05, 3.63) is 0 Å². The number of nitrogens with two attached hydrogens (primary N) is 1. The summed E-state index contributed by atoms with van der Waals surface area (Å²) in [5.41, 5.74) is 6.28. The van der Waals surface area contributed by atoms with Gasteiger partial charge in [-0.1, -0.05) is 6.42 Å². The van der Waals surface area contributed by atoms with Gasteiger partial charge in [0.1, 0.15) is 0 Å². The Morgan fingerprint density at radius 3 is 2.47 bits per heavy atom. The highest BCUT2D eigenvalue weighted by Gasteiger charge is 2.54. The second-order valence-electron chi connectivity index (χ2n) is 6.00. The molecule has 0 aromatic carbocycles. The van der Waals surface area contributed by atoms with Crippen molar-refractivity contribution in [2.75, 3.05) is 7.11 Å². The molecule has 2 fully saturated rings. The quantitative estimate of drug-likeness (QED) is 0.758. The first-order chi connectivity index (χ1) is 7.05. The van der Waals surface area contributed by atoms with E-state index in [0.29, 0.717) is 6.04 Å². The highest BCUT2D eigenvalue weighted by molar-refractivity contribution is 5.05. The van der Waals surface area contributed by atoms with Gasteiger partial charge in [-0.25, -0.2) is 0 Å². The maximum atomic E-state index is 6.28. The summed E-state index contributed by atoms with van der Waals surface area (Å²) in [6, 6.07) is 0.426. The van der Waals surface area contributed by atoms with Gasteiger partial charge in [-0.15, -0.1) is 0 Å². The third kappa shape index (κ3) is 2.36. The number of fused-ring (bicyclic) bond motifs is 1. The summed E-state index contributed by atoms with van der Waals surface area (Å²) in [6.07, 6.45) is 6.54. The molecule has 2 rings (SSSR count). The van der Waals surface area contributed by atoms with Crippen molar-refractivity contribution >= 4 is 0 Å². The van der Waals surface area contributed by atoms with E-state index in [1.54, 1.807) is 7.11 Å². The van der Waals surface area contributed by atoms with Crippen molar-refractivity contribution in [1.29, 1.82) is 0 Å². The van der Waals surface area contributed by atoms with E-state index in [-0.39, 0.29) is 5.60 Å². The van der Waals surface area contributed by atoms with Crippen LogP contribution >= 0.6 is 0 Å². The second kappa shape index (κ2) is 4.06. The number of rotatable bonds is 5. The Morgan fingerprint density at radius 1 is 1.33 bits per heavy atom. The lowest BCUT2D eigenvalue weighted by Crippen LogP contribution is -2.30. The third-order valence-corrected chi connectivity index (χ3v) is 4.60. The first-order valence-electron chi connectivity index (χ1n) is 6.36. The lowest BCUT2D eigenvalue weighted by molar-refractivity contribution is 0.0118. The maximum Gasteiger partial charge on any atom is 0.0623 e. The molecule has 0 radical (unpaired) electrons. The first kappa shape index (κ1) is 11.4. The summed E-state index contributed by atoms with van der Waals surface area (Å²) in [5.74, 6) is 2.84. The molecule has 2 aliphatic carbocycles. The van der Waals surface area contributed by atoms with Crippen molar-refractivity contribution in [3.8, 4) is 0 Å². The number of hydrogen-bond donors (Lipinski definition) is 1. The zero-order valence-corrected chi connectivity index (χ0v) is 10.3. The van der Waals surface area contributed by atoms with E-state index < -0.39 is 0 Å². The molecular formula is C13H25NO. The number of ether oxygens (including phenoxy) is 1. The van der Waals surface area contributed by atoms with E-state index in [1.165, 1.54) is 19.3 Å². The Labute approximate surface area is 93.6 Å². The summed E-state index contributed by atoms with van der Waals surface area (Å²) in [6.45, 7) is 4.29. The smallest absolute Gasteiger partial charge is 0.0623 e. The maximum absolute atomic E-state index is 6.28. The van der Waals surface area contributed by atoms with Gasteiger partial charge in [0, 0.05) is 13.2 Å². The van der Waals surface area contributed by atoms with Crippen LogP contribution in [-0.4, -0.2) is 18.8 Å². The summed E-state index contributed by atoms with van der Waals surface area (Å²) >= 11 is 0. The Morgan fingerprint density at radius 2 is 1.93 bits per heavy atom. The average Bonchev–Trinajstić information content (AvgIpc) is 2.69. The van der Waals surface area contributed by atoms with Crippen LogP contribution in [0.5, 0.6) is 0 Å². The number of methoxy groups -OCH3 is 1. The van der Waals surface area contributed by atoms with Gasteiger partial charge in [0.15, 0.2) is 0 Å². The predicted octanol–water partition coefficient (Wildman–Crippen LogP) is 2.57. The van der Waals surface area contributed by atoms with Gasteiger partial charge in [-0.05, 0) is 57.3 Å². The third-order valence-electron chi connectivity index (χ3n) is 4.60. The van der Waals surface area contributed by atoms with Gasteiger partial charge < -0.3 is 10.5 Å². The van der Waals surface area contributed by atoms with Gasteiger partial charge in [0.2, 0.25) is 0 Å². The van der Waals surface area contributed by atoms with Crippen molar-refractivity contribution in [1.82, 2.24) is 0 Å². The molecule has 0 saturated heterocycles. The summed E-state index contributed by atoms with van der Waals surface area (Å²) in [5, 5.41) is 0. The Hall–Kier alpha value is -0.0800. The molecule has 0 aliphatic heterocycles. The van der Waals surface area contributed by atoms with Crippen LogP contribution in [-0.2, 0) is 4.74 Å². The molecule has 0 heterocycles. The molecular weight excluding hydrogens is 186 g/mol. The molecule has 0 aromatic heterocycles. The van der Waals surface area contributed by atoms with Gasteiger partial charge in [0.05, 0.1) is 5.60 Å². The summed E-state index contributed by atoms with van der Waals surface area (Å²) in [7, 11) is 1.79. The molecule has 0 aromatic rings. The second-order valence-corrected chi connectivity index (χ2v) is 6.00. The Bertz CT molecular complexity index is 217. The minimum absolute atomic E-state index is 0.00161. The van der Waals surface area contributed by atoms with Gasteiger partial charge in [0.25, 0.3) is 0 Å². The molecule has 2 heteroatoms. The lowest BCUT2D eigenvalue weighted by Gasteiger charge is -2.25. The minimum atomic E-state index is 0.00161. The fraction of sp³-hybridized carbons (Fsp3) is 1.00. The van der Waals surface area contributed by atoms with E-state index in [9.17, 15) is 0 Å². The van der Waals surface area contributed by atoms with E-state index in [1.807, 2.05) is 0 Å². The highest BCUT2D eigenvalue weighted by atomic mass is 16.5. The van der Waals surface area contributed by atoms with Crippen LogP contribution in [0.15, 0.2) is 0 Å². The number of hydrogen-bond acceptors (Lipinski definition) is 2. The molecule has 0 bridgehead atoms. The van der Waals surface area contributed by atoms with Crippen molar-refractivity contribution in [2.45, 2.75) is 57.6 Å². The molecule has 2 nitrogen and oxygen atoms in total. The Kier molecular flexibility index (Phi) is 3.09. The molecule has 3 atom stereocenters. The van der Waals surface area contributed by atoms with E-state index in [4.69, 9.17) is 10.5 Å². The van der Waals surface area contributed by atoms with Crippen LogP contribution in [0.1, 0.15) is 46.0 Å². The minimum Gasteiger partial charge on any atom is -0.379 e. The lowest BCUT2D eigenvalue weighted by atomic mass is 9.94. The van der Waals surface area contributed by atoms with Crippen molar-refractivity contribution < 1.29 is 4.74 Å². The molecule has 88 valence electrons. The standard InChI is InChI=1S/C13H25NO/c1-13(2,15-3)8-7-11(14)12-9-5-4-6-10(9)12/h9-12H,4-8,14H2,1-3H3. The fourth-order valence-corrected chi connectivity index (χ4v) is 3.32. The zero-order valence-electron chi connectivity index (χ0n) is 10.3. The highest BCUT2D eigenvalue weighted by Crippen LogP contribution is 2.59. The molecule has 2 N–H and O–H groups in total. The SMILES string of the molecule is COC(C)(C)CCC(N)C1C2CCCC21. The normalized spacial score (nSPS) is 36.4. The monoisotopic (exact) mass is 211 g/mol. The van der Waals surface area contributed by atoms with Crippen molar-refractivity contribution in [2.24, 2.45) is 23.5 Å². The molecule has 2 saturated carbocycles. The van der Waals surface area contributed by atoms with E-state index >= 15 is 0 Å². The summed E-state index contributed by atoms with van der Waals surface area (Å²) < 4.78 is 5.43. The van der Waals surface area contributed by atoms with Crippen LogP contribution < -0.4 is 5.73 Å². The van der Waals surface area contributed by atoms with Crippen LogP contribution in [0.4, 0.5) is 0 Å². The molecule has 15 heavy (non-hydrogen) atoms. The summed E-state index contributed by atoms with van der Waals surface area (Å²) in [4.78, 5) is 0. The van der Waals surface area contributed by atoms with Crippen LogP contribution in [0.25, 0.3) is 0 Å². The predicted molar refractivity (Wildman–Crippen MR) is 62.6 cm³/mol. The van der Waals surface area contributed by atoms with E-state index in [2.05, 4.69) is 13.8 Å². The fourth-order valence-electron chi connectivity index (χ4n) is 3.32. The van der Waals surface area contributed by atoms with Crippen LogP contribution in [0.3, 0.4) is 0 Å². The van der Waals surface area contributed by atoms with Crippen molar-refractivity contribution in [3.63, 3.8) is 0 Å². The van der Waals surface area contributed by atoms with Gasteiger partial charge in [-0.2, -0.15) is 0 Å². The molecule has 0 amide bonds. The zero-order chi connectivity index (χ0) is 11.1. The molecule has 3 unspecified atom stereocenters. The topological polar surface area (TPSA) is 35.2 Å². The first-order valence-corrected chi connectivity index (χ1v) is 6.36. The van der Waals surface area contributed by atoms with Crippen LogP contribution in [0.2, 0.25) is 0 Å². The molecule has 0 spiro atoms. The molecule has 2 aliphatic rings. The largest absolute Gasteiger partial charge is 0.379 e. The van der Waals surface area contributed by atoms with Crippen LogP contribution in [0, 0.1) is 17.8 Å². The van der Waals surface area contributed by atoms with E-state index in [0.717, 1.165) is 30.6 Å². The van der Waals surface area contributed by atoms with Gasteiger partial charge in [-0.3, -0.25) is 0 Å². The van der Waals surface area contributed by atoms with Gasteiger partial charge >= 0.3 is 0 Å². The average molecular weight is 211 g/mol.